The summed E-state index contributed by atoms with van der Waals surface area (Å²) in [6, 6.07) is 5.56. The van der Waals surface area contributed by atoms with Crippen molar-refractivity contribution in [1.29, 1.82) is 0 Å². The molecule has 1 aromatic heterocycles. The summed E-state index contributed by atoms with van der Waals surface area (Å²) in [5.74, 6) is 0.667. The molecule has 88 valence electrons. The second kappa shape index (κ2) is 5.50. The number of aromatic nitrogens is 2. The molecule has 0 unspecified atom stereocenters. The summed E-state index contributed by atoms with van der Waals surface area (Å²) in [5.41, 5.74) is 1.94. The predicted molar refractivity (Wildman–Crippen MR) is 67.4 cm³/mol. The summed E-state index contributed by atoms with van der Waals surface area (Å²) < 4.78 is 5.08. The Bertz CT molecular complexity index is 490. The Balaban J connectivity index is 2.02. The summed E-state index contributed by atoms with van der Waals surface area (Å²) in [6.07, 6.45) is 5.05. The van der Waals surface area contributed by atoms with Crippen LogP contribution in [0, 0.1) is 0 Å². The van der Waals surface area contributed by atoms with Crippen LogP contribution < -0.4 is 10.1 Å². The zero-order chi connectivity index (χ0) is 12.1. The normalized spacial score (nSPS) is 10.0. The van der Waals surface area contributed by atoms with Crippen LogP contribution in [-0.4, -0.2) is 17.1 Å². The molecule has 2 rings (SSSR count). The van der Waals surface area contributed by atoms with Crippen LogP contribution >= 0.6 is 11.6 Å². The van der Waals surface area contributed by atoms with Gasteiger partial charge in [-0.3, -0.25) is 0 Å². The first-order chi connectivity index (χ1) is 8.29. The minimum absolute atomic E-state index is 0.585. The summed E-state index contributed by atoms with van der Waals surface area (Å²) >= 11 is 6.02. The van der Waals surface area contributed by atoms with E-state index in [4.69, 9.17) is 16.3 Å². The van der Waals surface area contributed by atoms with Gasteiger partial charge in [0, 0.05) is 30.2 Å². The molecule has 4 nitrogen and oxygen atoms in total. The highest BCUT2D eigenvalue weighted by Gasteiger charge is 2.01. The SMILES string of the molecule is COc1ccc(NCc2cncnc2)cc1Cl. The molecule has 0 aliphatic heterocycles. The monoisotopic (exact) mass is 249 g/mol. The van der Waals surface area contributed by atoms with E-state index in [1.807, 2.05) is 18.2 Å². The van der Waals surface area contributed by atoms with Gasteiger partial charge in [-0.25, -0.2) is 9.97 Å². The topological polar surface area (TPSA) is 47.0 Å². The number of hydrogen-bond donors (Lipinski definition) is 1. The van der Waals surface area contributed by atoms with Gasteiger partial charge in [-0.1, -0.05) is 11.6 Å². The van der Waals surface area contributed by atoms with E-state index in [9.17, 15) is 0 Å². The fourth-order valence-corrected chi connectivity index (χ4v) is 1.66. The summed E-state index contributed by atoms with van der Waals surface area (Å²) in [6.45, 7) is 0.656. The minimum Gasteiger partial charge on any atom is -0.495 e. The third kappa shape index (κ3) is 3.07. The number of anilines is 1. The average molecular weight is 250 g/mol. The lowest BCUT2D eigenvalue weighted by Gasteiger charge is -2.08. The van der Waals surface area contributed by atoms with Crippen LogP contribution in [0.3, 0.4) is 0 Å². The number of hydrogen-bond acceptors (Lipinski definition) is 4. The second-order valence-corrected chi connectivity index (χ2v) is 3.86. The van der Waals surface area contributed by atoms with E-state index in [1.54, 1.807) is 19.5 Å². The maximum absolute atomic E-state index is 6.02. The largest absolute Gasteiger partial charge is 0.495 e. The van der Waals surface area contributed by atoms with Crippen LogP contribution in [0.15, 0.2) is 36.9 Å². The average Bonchev–Trinajstić information content (AvgIpc) is 2.38. The second-order valence-electron chi connectivity index (χ2n) is 3.45. The fraction of sp³-hybridized carbons (Fsp3) is 0.167. The van der Waals surface area contributed by atoms with Crippen molar-refractivity contribution in [3.63, 3.8) is 0 Å². The standard InChI is InChI=1S/C12H12ClN3O/c1-17-12-3-2-10(4-11(12)13)16-7-9-5-14-8-15-6-9/h2-6,8,16H,7H2,1H3. The van der Waals surface area contributed by atoms with Gasteiger partial charge in [-0.2, -0.15) is 0 Å². The van der Waals surface area contributed by atoms with Gasteiger partial charge in [0.05, 0.1) is 12.1 Å². The molecule has 0 bridgehead atoms. The number of methoxy groups -OCH3 is 1. The number of ether oxygens (including phenoxy) is 1. The Morgan fingerprint density at radius 2 is 2.06 bits per heavy atom. The maximum atomic E-state index is 6.02. The van der Waals surface area contributed by atoms with E-state index >= 15 is 0 Å². The van der Waals surface area contributed by atoms with E-state index in [2.05, 4.69) is 15.3 Å². The number of benzene rings is 1. The van der Waals surface area contributed by atoms with Crippen LogP contribution in [0.25, 0.3) is 0 Å². The summed E-state index contributed by atoms with van der Waals surface area (Å²) in [5, 5.41) is 3.82. The van der Waals surface area contributed by atoms with Crippen LogP contribution in [-0.2, 0) is 6.54 Å². The lowest BCUT2D eigenvalue weighted by molar-refractivity contribution is 0.415. The van der Waals surface area contributed by atoms with E-state index in [0.717, 1.165) is 11.3 Å². The van der Waals surface area contributed by atoms with Gasteiger partial charge in [-0.15, -0.1) is 0 Å². The molecule has 0 fully saturated rings. The van der Waals surface area contributed by atoms with Crippen molar-refractivity contribution < 1.29 is 4.74 Å². The lowest BCUT2D eigenvalue weighted by Crippen LogP contribution is -2.00. The quantitative estimate of drug-likeness (QED) is 0.905. The van der Waals surface area contributed by atoms with Crippen LogP contribution in [0.4, 0.5) is 5.69 Å². The maximum Gasteiger partial charge on any atom is 0.137 e. The molecule has 0 saturated heterocycles. The summed E-state index contributed by atoms with van der Waals surface area (Å²) in [7, 11) is 1.59. The van der Waals surface area contributed by atoms with E-state index < -0.39 is 0 Å². The molecule has 0 saturated carbocycles. The van der Waals surface area contributed by atoms with Crippen LogP contribution in [0.1, 0.15) is 5.56 Å². The van der Waals surface area contributed by atoms with Gasteiger partial charge in [0.2, 0.25) is 0 Å². The van der Waals surface area contributed by atoms with Gasteiger partial charge >= 0.3 is 0 Å². The molecule has 1 aromatic carbocycles. The van der Waals surface area contributed by atoms with E-state index in [1.165, 1.54) is 6.33 Å². The van der Waals surface area contributed by atoms with Crippen molar-refractivity contribution in [2.75, 3.05) is 12.4 Å². The van der Waals surface area contributed by atoms with Crippen molar-refractivity contribution in [2.45, 2.75) is 6.54 Å². The molecule has 17 heavy (non-hydrogen) atoms. The third-order valence-electron chi connectivity index (χ3n) is 2.26. The highest BCUT2D eigenvalue weighted by Crippen LogP contribution is 2.27. The smallest absolute Gasteiger partial charge is 0.137 e. The first-order valence-electron chi connectivity index (χ1n) is 5.11. The molecule has 1 heterocycles. The van der Waals surface area contributed by atoms with Gasteiger partial charge < -0.3 is 10.1 Å². The molecular weight excluding hydrogens is 238 g/mol. The lowest BCUT2D eigenvalue weighted by atomic mass is 10.2. The molecular formula is C12H12ClN3O. The molecule has 0 spiro atoms. The number of halogens is 1. The van der Waals surface area contributed by atoms with Crippen molar-refractivity contribution in [2.24, 2.45) is 0 Å². The minimum atomic E-state index is 0.585. The van der Waals surface area contributed by atoms with E-state index in [-0.39, 0.29) is 0 Å². The Kier molecular flexibility index (Phi) is 3.77. The van der Waals surface area contributed by atoms with Crippen LogP contribution in [0.5, 0.6) is 5.75 Å². The van der Waals surface area contributed by atoms with Gasteiger partial charge in [0.25, 0.3) is 0 Å². The third-order valence-corrected chi connectivity index (χ3v) is 2.56. The Hall–Kier alpha value is -1.81. The Labute approximate surface area is 105 Å². The van der Waals surface area contributed by atoms with Gasteiger partial charge in [0.15, 0.2) is 0 Å². The van der Waals surface area contributed by atoms with Crippen molar-refractivity contribution in [3.05, 3.63) is 47.5 Å². The Morgan fingerprint density at radius 1 is 1.29 bits per heavy atom. The first-order valence-corrected chi connectivity index (χ1v) is 5.48. The zero-order valence-corrected chi connectivity index (χ0v) is 10.1. The highest BCUT2D eigenvalue weighted by atomic mass is 35.5. The molecule has 2 aromatic rings. The predicted octanol–water partition coefficient (Wildman–Crippen LogP) is 2.75. The number of nitrogens with one attached hydrogen (secondary N) is 1. The zero-order valence-electron chi connectivity index (χ0n) is 9.35. The van der Waals surface area contributed by atoms with Crippen molar-refractivity contribution in [1.82, 2.24) is 9.97 Å². The molecule has 0 amide bonds. The molecule has 5 heteroatoms. The van der Waals surface area contributed by atoms with Crippen LogP contribution in [0.2, 0.25) is 5.02 Å². The summed E-state index contributed by atoms with van der Waals surface area (Å²) in [4.78, 5) is 7.89. The molecule has 0 aliphatic rings. The molecule has 0 atom stereocenters. The van der Waals surface area contributed by atoms with Gasteiger partial charge in [0.1, 0.15) is 12.1 Å². The van der Waals surface area contributed by atoms with Crippen molar-refractivity contribution in [3.8, 4) is 5.75 Å². The number of nitrogens with zero attached hydrogens (tertiary/aromatic N) is 2. The molecule has 1 N–H and O–H groups in total. The van der Waals surface area contributed by atoms with Gasteiger partial charge in [-0.05, 0) is 18.2 Å². The molecule has 0 radical (unpaired) electrons. The first kappa shape index (κ1) is 11.7. The molecule has 0 aliphatic carbocycles. The van der Waals surface area contributed by atoms with Crippen molar-refractivity contribution >= 4 is 17.3 Å². The Morgan fingerprint density at radius 3 is 2.71 bits per heavy atom. The number of rotatable bonds is 4. The highest BCUT2D eigenvalue weighted by molar-refractivity contribution is 6.32. The fourth-order valence-electron chi connectivity index (χ4n) is 1.40. The van der Waals surface area contributed by atoms with E-state index in [0.29, 0.717) is 17.3 Å².